The van der Waals surface area contributed by atoms with Crippen LogP contribution in [0.3, 0.4) is 0 Å². The van der Waals surface area contributed by atoms with Crippen molar-refractivity contribution in [3.8, 4) is 5.75 Å². The molecule has 3 heteroatoms. The van der Waals surface area contributed by atoms with Gasteiger partial charge in [0.2, 0.25) is 0 Å². The zero-order valence-electron chi connectivity index (χ0n) is 11.8. The van der Waals surface area contributed by atoms with Crippen LogP contribution in [-0.2, 0) is 6.54 Å². The Morgan fingerprint density at radius 1 is 1.10 bits per heavy atom. The fourth-order valence-corrected chi connectivity index (χ4v) is 2.62. The van der Waals surface area contributed by atoms with Gasteiger partial charge in [0.15, 0.2) is 0 Å². The van der Waals surface area contributed by atoms with Crippen molar-refractivity contribution in [2.45, 2.75) is 13.5 Å². The molecular formula is C17H18N2O. The molecule has 0 aliphatic carbocycles. The standard InChI is InChI=1S/C17H18N2O/c1-12-9-14-5-3-4-6-16(14)19(12)11-13-7-8-17(20-2)15(18)10-13/h3-10H,11,18H2,1-2H3. The summed E-state index contributed by atoms with van der Waals surface area (Å²) in [6, 6.07) is 16.6. The van der Waals surface area contributed by atoms with Crippen LogP contribution in [0, 0.1) is 6.92 Å². The van der Waals surface area contributed by atoms with E-state index in [1.807, 2.05) is 12.1 Å². The summed E-state index contributed by atoms with van der Waals surface area (Å²) < 4.78 is 7.50. The number of nitrogen functional groups attached to an aromatic ring is 1. The quantitative estimate of drug-likeness (QED) is 0.736. The summed E-state index contributed by atoms with van der Waals surface area (Å²) >= 11 is 0. The molecule has 3 rings (SSSR count). The Kier molecular flexibility index (Phi) is 3.11. The fourth-order valence-electron chi connectivity index (χ4n) is 2.62. The Morgan fingerprint density at radius 2 is 1.90 bits per heavy atom. The number of hydrogen-bond acceptors (Lipinski definition) is 2. The molecule has 0 aliphatic heterocycles. The average Bonchev–Trinajstić information content (AvgIpc) is 2.76. The molecule has 3 nitrogen and oxygen atoms in total. The average molecular weight is 266 g/mol. The van der Waals surface area contributed by atoms with Crippen molar-refractivity contribution >= 4 is 16.6 Å². The summed E-state index contributed by atoms with van der Waals surface area (Å²) in [5.41, 5.74) is 10.3. The first-order valence-corrected chi connectivity index (χ1v) is 6.66. The van der Waals surface area contributed by atoms with Crippen molar-refractivity contribution in [2.75, 3.05) is 12.8 Å². The Hall–Kier alpha value is -2.42. The lowest BCUT2D eigenvalue weighted by atomic mass is 10.2. The molecule has 0 saturated heterocycles. The highest BCUT2D eigenvalue weighted by atomic mass is 16.5. The first-order valence-electron chi connectivity index (χ1n) is 6.66. The van der Waals surface area contributed by atoms with Crippen LogP contribution in [0.25, 0.3) is 10.9 Å². The molecule has 20 heavy (non-hydrogen) atoms. The smallest absolute Gasteiger partial charge is 0.141 e. The fraction of sp³-hybridized carbons (Fsp3) is 0.176. The molecule has 1 aromatic heterocycles. The summed E-state index contributed by atoms with van der Waals surface area (Å²) in [6.45, 7) is 2.94. The maximum atomic E-state index is 5.98. The highest BCUT2D eigenvalue weighted by Crippen LogP contribution is 2.25. The largest absolute Gasteiger partial charge is 0.495 e. The van der Waals surface area contributed by atoms with Crippen molar-refractivity contribution in [1.82, 2.24) is 4.57 Å². The normalized spacial score (nSPS) is 10.9. The Balaban J connectivity index is 2.01. The van der Waals surface area contributed by atoms with Gasteiger partial charge in [0.1, 0.15) is 5.75 Å². The van der Waals surface area contributed by atoms with E-state index in [1.54, 1.807) is 7.11 Å². The number of aryl methyl sites for hydroxylation is 1. The molecule has 0 atom stereocenters. The zero-order chi connectivity index (χ0) is 14.1. The predicted octanol–water partition coefficient (Wildman–Crippen LogP) is 3.59. The molecule has 3 aromatic rings. The topological polar surface area (TPSA) is 40.2 Å². The Bertz CT molecular complexity index is 759. The van der Waals surface area contributed by atoms with E-state index in [9.17, 15) is 0 Å². The number of benzene rings is 2. The van der Waals surface area contributed by atoms with Crippen LogP contribution in [0.15, 0.2) is 48.5 Å². The van der Waals surface area contributed by atoms with Crippen LogP contribution in [0.5, 0.6) is 5.75 Å². The molecule has 0 radical (unpaired) electrons. The number of ether oxygens (including phenoxy) is 1. The minimum atomic E-state index is 0.680. The third-order valence-electron chi connectivity index (χ3n) is 3.65. The van der Waals surface area contributed by atoms with Crippen molar-refractivity contribution in [3.63, 3.8) is 0 Å². The van der Waals surface area contributed by atoms with Gasteiger partial charge in [0.05, 0.1) is 12.8 Å². The third-order valence-corrected chi connectivity index (χ3v) is 3.65. The molecule has 0 fully saturated rings. The summed E-state index contributed by atoms with van der Waals surface area (Å²) in [5, 5.41) is 1.27. The Morgan fingerprint density at radius 3 is 2.65 bits per heavy atom. The number of rotatable bonds is 3. The molecule has 0 amide bonds. The number of fused-ring (bicyclic) bond motifs is 1. The van der Waals surface area contributed by atoms with Crippen LogP contribution in [0.1, 0.15) is 11.3 Å². The van der Waals surface area contributed by atoms with E-state index >= 15 is 0 Å². The summed E-state index contributed by atoms with van der Waals surface area (Å²) in [4.78, 5) is 0. The van der Waals surface area contributed by atoms with E-state index in [4.69, 9.17) is 10.5 Å². The molecule has 2 aromatic carbocycles. The predicted molar refractivity (Wildman–Crippen MR) is 83.2 cm³/mol. The van der Waals surface area contributed by atoms with Gasteiger partial charge in [-0.25, -0.2) is 0 Å². The highest BCUT2D eigenvalue weighted by molar-refractivity contribution is 5.81. The van der Waals surface area contributed by atoms with Gasteiger partial charge in [-0.2, -0.15) is 0 Å². The maximum absolute atomic E-state index is 5.98. The molecule has 102 valence electrons. The zero-order valence-corrected chi connectivity index (χ0v) is 11.8. The lowest BCUT2D eigenvalue weighted by Crippen LogP contribution is -2.02. The minimum absolute atomic E-state index is 0.680. The minimum Gasteiger partial charge on any atom is -0.495 e. The number of nitrogens with zero attached hydrogens (tertiary/aromatic N) is 1. The molecule has 0 saturated carbocycles. The second kappa shape index (κ2) is 4.93. The lowest BCUT2D eigenvalue weighted by molar-refractivity contribution is 0.417. The molecular weight excluding hydrogens is 248 g/mol. The van der Waals surface area contributed by atoms with Gasteiger partial charge in [-0.15, -0.1) is 0 Å². The van der Waals surface area contributed by atoms with E-state index in [1.165, 1.54) is 22.2 Å². The van der Waals surface area contributed by atoms with Gasteiger partial charge in [-0.05, 0) is 42.1 Å². The third kappa shape index (κ3) is 2.11. The van der Waals surface area contributed by atoms with E-state index in [-0.39, 0.29) is 0 Å². The van der Waals surface area contributed by atoms with Gasteiger partial charge >= 0.3 is 0 Å². The van der Waals surface area contributed by atoms with Crippen LogP contribution < -0.4 is 10.5 Å². The lowest BCUT2D eigenvalue weighted by Gasteiger charge is -2.11. The van der Waals surface area contributed by atoms with Gasteiger partial charge in [0, 0.05) is 17.8 Å². The van der Waals surface area contributed by atoms with Crippen LogP contribution in [0.4, 0.5) is 5.69 Å². The van der Waals surface area contributed by atoms with E-state index in [0.29, 0.717) is 5.69 Å². The van der Waals surface area contributed by atoms with Crippen molar-refractivity contribution < 1.29 is 4.74 Å². The van der Waals surface area contributed by atoms with Gasteiger partial charge in [-0.1, -0.05) is 24.3 Å². The summed E-state index contributed by atoms with van der Waals surface area (Å²) in [5.74, 6) is 0.725. The second-order valence-corrected chi connectivity index (χ2v) is 5.01. The molecule has 0 spiro atoms. The number of aromatic nitrogens is 1. The van der Waals surface area contributed by atoms with Crippen LogP contribution in [0.2, 0.25) is 0 Å². The van der Waals surface area contributed by atoms with Crippen molar-refractivity contribution in [2.24, 2.45) is 0 Å². The molecule has 1 heterocycles. The highest BCUT2D eigenvalue weighted by Gasteiger charge is 2.07. The SMILES string of the molecule is COc1ccc(Cn2c(C)cc3ccccc32)cc1N. The second-order valence-electron chi connectivity index (χ2n) is 5.01. The van der Waals surface area contributed by atoms with Crippen LogP contribution >= 0.6 is 0 Å². The first-order chi connectivity index (χ1) is 9.69. The molecule has 0 aliphatic rings. The first kappa shape index (κ1) is 12.6. The Labute approximate surface area is 118 Å². The summed E-state index contributed by atoms with van der Waals surface area (Å²) in [6.07, 6.45) is 0. The maximum Gasteiger partial charge on any atom is 0.141 e. The molecule has 0 unspecified atom stereocenters. The van der Waals surface area contributed by atoms with Gasteiger partial charge in [-0.3, -0.25) is 0 Å². The monoisotopic (exact) mass is 266 g/mol. The number of anilines is 1. The van der Waals surface area contributed by atoms with Gasteiger partial charge in [0.25, 0.3) is 0 Å². The van der Waals surface area contributed by atoms with Gasteiger partial charge < -0.3 is 15.0 Å². The number of nitrogens with two attached hydrogens (primary N) is 1. The summed E-state index contributed by atoms with van der Waals surface area (Å²) in [7, 11) is 1.63. The number of methoxy groups -OCH3 is 1. The van der Waals surface area contributed by atoms with Crippen LogP contribution in [-0.4, -0.2) is 11.7 Å². The van der Waals surface area contributed by atoms with Crippen molar-refractivity contribution in [3.05, 3.63) is 59.8 Å². The number of para-hydroxylation sites is 1. The van der Waals surface area contributed by atoms with Crippen molar-refractivity contribution in [1.29, 1.82) is 0 Å². The van der Waals surface area contributed by atoms with E-state index in [0.717, 1.165) is 12.3 Å². The van der Waals surface area contributed by atoms with E-state index in [2.05, 4.69) is 47.9 Å². The molecule has 2 N–H and O–H groups in total. The molecule has 0 bridgehead atoms. The van der Waals surface area contributed by atoms with E-state index < -0.39 is 0 Å². The number of hydrogen-bond donors (Lipinski definition) is 1.